The van der Waals surface area contributed by atoms with Crippen molar-refractivity contribution in [2.75, 3.05) is 0 Å². The van der Waals surface area contributed by atoms with Crippen LogP contribution in [0.5, 0.6) is 0 Å². The Morgan fingerprint density at radius 1 is 0.714 bits per heavy atom. The molecule has 0 aliphatic rings. The number of rotatable bonds is 0. The zero-order valence-corrected chi connectivity index (χ0v) is 22.2. The van der Waals surface area contributed by atoms with E-state index >= 15 is 0 Å². The molecule has 0 radical (unpaired) electrons. The molecule has 0 aliphatic heterocycles. The number of benzene rings is 1. The van der Waals surface area contributed by atoms with Gasteiger partial charge in [-0.05, 0) is 74.4 Å². The van der Waals surface area contributed by atoms with Crippen molar-refractivity contribution in [1.82, 2.24) is 4.98 Å². The van der Waals surface area contributed by atoms with Crippen molar-refractivity contribution in [2.24, 2.45) is 0 Å². The van der Waals surface area contributed by atoms with E-state index in [-0.39, 0.29) is 0 Å². The van der Waals surface area contributed by atoms with E-state index in [1.807, 2.05) is 37.4 Å². The Balaban J connectivity index is -0.000000303. The van der Waals surface area contributed by atoms with Crippen molar-refractivity contribution >= 4 is 10.9 Å². The van der Waals surface area contributed by atoms with Crippen LogP contribution in [0.4, 0.5) is 0 Å². The number of pyridine rings is 1. The topological polar surface area (TPSA) is 73.6 Å². The van der Waals surface area contributed by atoms with Crippen molar-refractivity contribution in [3.63, 3.8) is 0 Å². The fraction of sp³-hybridized carbons (Fsp3) is 0.565. The third kappa shape index (κ3) is 49.8. The summed E-state index contributed by atoms with van der Waals surface area (Å²) in [4.78, 5) is 4.18. The summed E-state index contributed by atoms with van der Waals surface area (Å²) in [5.41, 5.74) is -0.440. The largest absolute Gasteiger partial charge is 0.256 e. The molecule has 4 nitrogen and oxygen atoms in total. The molecule has 0 atom stereocenters. The van der Waals surface area contributed by atoms with Crippen molar-refractivity contribution < 1.29 is 34.5 Å². The molecule has 0 saturated heterocycles. The van der Waals surface area contributed by atoms with Gasteiger partial charge < -0.3 is 15.3 Å². The van der Waals surface area contributed by atoms with E-state index < -0.39 is 16.8 Å². The Labute approximate surface area is 183 Å². The molecular formula is C23H40NO3W. The Kier molecular flexibility index (Phi) is 17.9. The van der Waals surface area contributed by atoms with Crippen LogP contribution in [-0.2, 0) is 19.2 Å². The first-order valence-electron chi connectivity index (χ1n) is 9.14. The minimum atomic E-state index is -0.500. The fourth-order valence-corrected chi connectivity index (χ4v) is 1.02. The van der Waals surface area contributed by atoms with Crippen LogP contribution in [0.25, 0.3) is 10.9 Å². The van der Waals surface area contributed by atoms with Crippen molar-refractivity contribution in [3.05, 3.63) is 42.6 Å². The minimum absolute atomic E-state index is 0.500. The van der Waals surface area contributed by atoms with Gasteiger partial charge in [-0.2, -0.15) is 0 Å². The summed E-state index contributed by atoms with van der Waals surface area (Å²) in [5.74, 6) is 0. The molecule has 3 N–H and O–H groups in total. The summed E-state index contributed by atoms with van der Waals surface area (Å²) in [6.07, 6.45) is 1.81. The zero-order valence-electron chi connectivity index (χ0n) is 19.2. The molecule has 0 spiro atoms. The predicted molar refractivity (Wildman–Crippen MR) is 117 cm³/mol. The number of hydrogen-bond donors (Lipinski definition) is 3. The van der Waals surface area contributed by atoms with E-state index in [4.69, 9.17) is 15.3 Å². The number of nitrogens with zero attached hydrogens (tertiary/aromatic N) is 1. The maximum absolute atomic E-state index is 8.52. The number of hydrogen-bond acceptors (Lipinski definition) is 4. The molecule has 1 heterocycles. The molecule has 2 rings (SSSR count). The summed E-state index contributed by atoms with van der Waals surface area (Å²) in [6.45, 7) is 17.6. The molecule has 0 fully saturated rings. The van der Waals surface area contributed by atoms with Gasteiger partial charge >= 0.3 is 30.3 Å². The number of fused-ring (bicyclic) bond motifs is 1. The van der Waals surface area contributed by atoms with Gasteiger partial charge in [0.15, 0.2) is 0 Å². The molecule has 28 heavy (non-hydrogen) atoms. The van der Waals surface area contributed by atoms with Crippen LogP contribution in [0.15, 0.2) is 42.6 Å². The number of aromatic nitrogens is 1. The Hall–Kier alpha value is -1.02. The van der Waals surface area contributed by atoms with Crippen LogP contribution in [-0.4, -0.2) is 37.1 Å². The molecule has 0 unspecified atom stereocenters. The molecular weight excluding hydrogens is 522 g/mol. The second-order valence-corrected chi connectivity index (χ2v) is 10.4. The van der Waals surface area contributed by atoms with Crippen molar-refractivity contribution in [2.45, 2.75) is 86.0 Å². The maximum Gasteiger partial charge on any atom is 0.0701 e. The van der Waals surface area contributed by atoms with Gasteiger partial charge in [-0.25, -0.2) is 0 Å². The summed E-state index contributed by atoms with van der Waals surface area (Å²) < 4.78 is 2.83. The standard InChI is InChI=1S/C9H7N.3C4H10O.C2H3.W/c1-2-6-9-8(4-1)5-3-7-10-9;3*1-4(2,3)5;1-2;/h1-7H;3*5H,1-3H3;1H3;. The average molecular weight is 562 g/mol. The van der Waals surface area contributed by atoms with Gasteiger partial charge in [-0.15, -0.1) is 0 Å². The first kappa shape index (κ1) is 31.7. The summed E-state index contributed by atoms with van der Waals surface area (Å²) in [7, 11) is 0. The van der Waals surface area contributed by atoms with E-state index in [0.717, 1.165) is 5.52 Å². The first-order valence-corrected chi connectivity index (χ1v) is 10.6. The van der Waals surface area contributed by atoms with Crippen LogP contribution in [0.1, 0.15) is 69.2 Å². The van der Waals surface area contributed by atoms with Crippen LogP contribution >= 0.6 is 0 Å². The molecule has 161 valence electrons. The van der Waals surface area contributed by atoms with Crippen molar-refractivity contribution in [3.8, 4) is 4.20 Å². The van der Waals surface area contributed by atoms with Crippen LogP contribution in [0, 0.1) is 4.20 Å². The SMILES string of the molecule is CC(C)(C)O.CC(C)(C)O.CC(C)(C)O.C[C]#[W].c1ccc2ncccc2c1. The molecule has 0 bridgehead atoms. The molecule has 0 saturated carbocycles. The smallest absolute Gasteiger partial charge is 0.0701 e. The summed E-state index contributed by atoms with van der Waals surface area (Å²) in [6, 6.07) is 12.1. The molecule has 2 aromatic rings. The second kappa shape index (κ2) is 15.8. The van der Waals surface area contributed by atoms with Crippen LogP contribution < -0.4 is 0 Å². The summed E-state index contributed by atoms with van der Waals surface area (Å²) in [5, 5.41) is 26.8. The van der Waals surface area contributed by atoms with E-state index in [1.54, 1.807) is 62.3 Å². The van der Waals surface area contributed by atoms with Crippen LogP contribution in [0.2, 0.25) is 0 Å². The number of aliphatic hydroxyl groups is 3. The van der Waals surface area contributed by atoms with Crippen molar-refractivity contribution in [1.29, 1.82) is 0 Å². The third-order valence-electron chi connectivity index (χ3n) is 1.51. The summed E-state index contributed by atoms with van der Waals surface area (Å²) >= 11 is 1.42. The van der Waals surface area contributed by atoms with E-state index in [2.05, 4.69) is 21.3 Å². The molecule has 5 heteroatoms. The first-order chi connectivity index (χ1) is 12.4. The monoisotopic (exact) mass is 562 g/mol. The van der Waals surface area contributed by atoms with E-state index in [1.165, 1.54) is 24.5 Å². The minimum Gasteiger partial charge on any atom is -0.256 e. The maximum atomic E-state index is 8.52. The molecule has 1 aromatic carbocycles. The molecule has 1 aromatic heterocycles. The quantitative estimate of drug-likeness (QED) is 0.419. The fourth-order valence-electron chi connectivity index (χ4n) is 1.02. The average Bonchev–Trinajstić information content (AvgIpc) is 2.43. The van der Waals surface area contributed by atoms with Gasteiger partial charge in [0.2, 0.25) is 0 Å². The third-order valence-corrected chi connectivity index (χ3v) is 1.51. The predicted octanol–water partition coefficient (Wildman–Crippen LogP) is 5.08. The molecule has 0 aliphatic carbocycles. The Morgan fingerprint density at radius 3 is 1.32 bits per heavy atom. The second-order valence-electron chi connectivity index (χ2n) is 8.91. The normalized spacial score (nSPS) is 10.3. The van der Waals surface area contributed by atoms with Crippen LogP contribution in [0.3, 0.4) is 0 Å². The van der Waals surface area contributed by atoms with Gasteiger partial charge in [-0.1, -0.05) is 24.3 Å². The zero-order chi connectivity index (χ0) is 23.0. The van der Waals surface area contributed by atoms with E-state index in [0.29, 0.717) is 0 Å². The Morgan fingerprint density at radius 2 is 1.00 bits per heavy atom. The van der Waals surface area contributed by atoms with Gasteiger partial charge in [0.25, 0.3) is 0 Å². The molecule has 0 amide bonds. The van der Waals surface area contributed by atoms with Gasteiger partial charge in [0, 0.05) is 11.6 Å². The number of para-hydroxylation sites is 1. The van der Waals surface area contributed by atoms with Gasteiger partial charge in [0.05, 0.1) is 22.3 Å². The van der Waals surface area contributed by atoms with E-state index in [9.17, 15) is 0 Å². The van der Waals surface area contributed by atoms with Gasteiger partial charge in [0.1, 0.15) is 0 Å². The Bertz CT molecular complexity index is 548. The van der Waals surface area contributed by atoms with Gasteiger partial charge in [-0.3, -0.25) is 4.98 Å².